The molecule has 0 spiro atoms. The number of anilines is 1. The van der Waals surface area contributed by atoms with E-state index in [1.165, 1.54) is 11.8 Å². The van der Waals surface area contributed by atoms with Crippen molar-refractivity contribution in [3.63, 3.8) is 0 Å². The SMILES string of the molecule is COc1cccc(NC(=O)C(OC(=O)Cc2c(C)nc3nc(SC)nn3c2C)c2ccccc2)c1. The molecule has 1 amide bonds. The number of esters is 1. The Labute approximate surface area is 206 Å². The van der Waals surface area contributed by atoms with E-state index in [0.717, 1.165) is 5.69 Å². The second-order valence-corrected chi connectivity index (χ2v) is 8.52. The van der Waals surface area contributed by atoms with Gasteiger partial charge >= 0.3 is 5.97 Å². The zero-order chi connectivity index (χ0) is 24.9. The largest absolute Gasteiger partial charge is 0.497 e. The van der Waals surface area contributed by atoms with Crippen LogP contribution in [0.2, 0.25) is 0 Å². The maximum Gasteiger partial charge on any atom is 0.311 e. The predicted octanol–water partition coefficient (Wildman–Crippen LogP) is 3.94. The average molecular weight is 492 g/mol. The number of methoxy groups -OCH3 is 1. The van der Waals surface area contributed by atoms with Crippen LogP contribution in [-0.4, -0.2) is 44.8 Å². The fraction of sp³-hybridized carbons (Fsp3) is 0.240. The summed E-state index contributed by atoms with van der Waals surface area (Å²) >= 11 is 1.41. The van der Waals surface area contributed by atoms with E-state index in [1.54, 1.807) is 60.2 Å². The van der Waals surface area contributed by atoms with Gasteiger partial charge in [0.15, 0.2) is 0 Å². The molecule has 4 rings (SSSR count). The van der Waals surface area contributed by atoms with Gasteiger partial charge in [0.05, 0.1) is 13.5 Å². The fourth-order valence-electron chi connectivity index (χ4n) is 3.66. The number of fused-ring (bicyclic) bond motifs is 1. The molecule has 0 saturated heterocycles. The molecule has 0 radical (unpaired) electrons. The molecule has 2 heterocycles. The Hall–Kier alpha value is -3.92. The Kier molecular flexibility index (Phi) is 7.31. The molecule has 0 aliphatic carbocycles. The summed E-state index contributed by atoms with van der Waals surface area (Å²) in [5.41, 5.74) is 3.17. The number of nitrogens with one attached hydrogen (secondary N) is 1. The van der Waals surface area contributed by atoms with Crippen molar-refractivity contribution < 1.29 is 19.1 Å². The van der Waals surface area contributed by atoms with Gasteiger partial charge in [-0.1, -0.05) is 48.2 Å². The quantitative estimate of drug-likeness (QED) is 0.292. The first-order valence-electron chi connectivity index (χ1n) is 10.9. The van der Waals surface area contributed by atoms with Crippen LogP contribution >= 0.6 is 11.8 Å². The van der Waals surface area contributed by atoms with Gasteiger partial charge in [0.2, 0.25) is 11.3 Å². The molecule has 35 heavy (non-hydrogen) atoms. The van der Waals surface area contributed by atoms with Crippen LogP contribution < -0.4 is 10.1 Å². The minimum Gasteiger partial charge on any atom is -0.497 e. The van der Waals surface area contributed by atoms with Crippen molar-refractivity contribution >= 4 is 35.1 Å². The number of hydrogen-bond donors (Lipinski definition) is 1. The number of nitrogens with zero attached hydrogens (tertiary/aromatic N) is 4. The van der Waals surface area contributed by atoms with E-state index in [-0.39, 0.29) is 6.42 Å². The van der Waals surface area contributed by atoms with Crippen LogP contribution in [0.25, 0.3) is 5.78 Å². The van der Waals surface area contributed by atoms with Crippen molar-refractivity contribution in [3.05, 3.63) is 77.1 Å². The third-order valence-electron chi connectivity index (χ3n) is 5.46. The first kappa shape index (κ1) is 24.2. The number of ether oxygens (including phenoxy) is 2. The number of amides is 1. The number of thioether (sulfide) groups is 1. The van der Waals surface area contributed by atoms with Gasteiger partial charge in [-0.15, -0.1) is 5.10 Å². The highest BCUT2D eigenvalue weighted by molar-refractivity contribution is 7.98. The van der Waals surface area contributed by atoms with Crippen molar-refractivity contribution in [3.8, 4) is 5.75 Å². The first-order valence-corrected chi connectivity index (χ1v) is 12.1. The van der Waals surface area contributed by atoms with Crippen molar-refractivity contribution in [1.29, 1.82) is 0 Å². The highest BCUT2D eigenvalue weighted by atomic mass is 32.2. The second kappa shape index (κ2) is 10.6. The van der Waals surface area contributed by atoms with Gasteiger partial charge in [-0.25, -0.2) is 9.50 Å². The highest BCUT2D eigenvalue weighted by Crippen LogP contribution is 2.24. The smallest absolute Gasteiger partial charge is 0.311 e. The summed E-state index contributed by atoms with van der Waals surface area (Å²) in [6.45, 7) is 3.67. The molecule has 0 aliphatic rings. The molecule has 10 heteroatoms. The fourth-order valence-corrected chi connectivity index (χ4v) is 4.00. The van der Waals surface area contributed by atoms with Gasteiger partial charge in [0.1, 0.15) is 5.75 Å². The Balaban J connectivity index is 1.57. The maximum atomic E-state index is 13.2. The van der Waals surface area contributed by atoms with Crippen molar-refractivity contribution in [2.24, 2.45) is 0 Å². The van der Waals surface area contributed by atoms with Crippen LogP contribution in [0.1, 0.15) is 28.6 Å². The highest BCUT2D eigenvalue weighted by Gasteiger charge is 2.26. The van der Waals surface area contributed by atoms with Gasteiger partial charge in [-0.05, 0) is 32.2 Å². The predicted molar refractivity (Wildman–Crippen MR) is 133 cm³/mol. The summed E-state index contributed by atoms with van der Waals surface area (Å²) in [4.78, 5) is 35.1. The summed E-state index contributed by atoms with van der Waals surface area (Å²) in [5.74, 6) is 0.0434. The number of aromatic nitrogens is 4. The van der Waals surface area contributed by atoms with E-state index in [2.05, 4.69) is 20.4 Å². The molecular weight excluding hydrogens is 466 g/mol. The van der Waals surface area contributed by atoms with Crippen molar-refractivity contribution in [2.75, 3.05) is 18.7 Å². The van der Waals surface area contributed by atoms with Crippen LogP contribution in [0.5, 0.6) is 5.75 Å². The lowest BCUT2D eigenvalue weighted by atomic mass is 10.1. The third kappa shape index (κ3) is 5.43. The average Bonchev–Trinajstić information content (AvgIpc) is 3.29. The van der Waals surface area contributed by atoms with Gasteiger partial charge in [-0.3, -0.25) is 9.59 Å². The van der Waals surface area contributed by atoms with Gasteiger partial charge < -0.3 is 14.8 Å². The van der Waals surface area contributed by atoms with Crippen LogP contribution in [0, 0.1) is 13.8 Å². The second-order valence-electron chi connectivity index (χ2n) is 7.75. The minimum absolute atomic E-state index is 0.0646. The third-order valence-corrected chi connectivity index (χ3v) is 6.00. The summed E-state index contributed by atoms with van der Waals surface area (Å²) in [5, 5.41) is 7.82. The summed E-state index contributed by atoms with van der Waals surface area (Å²) in [7, 11) is 1.55. The van der Waals surface area contributed by atoms with Gasteiger partial charge in [0.25, 0.3) is 11.7 Å². The monoisotopic (exact) mass is 491 g/mol. The molecule has 0 saturated carbocycles. The number of benzene rings is 2. The number of carbonyl (C=O) groups excluding carboxylic acids is 2. The molecule has 0 bridgehead atoms. The molecule has 0 aliphatic heterocycles. The normalized spacial score (nSPS) is 11.8. The standard InChI is InChI=1S/C25H25N5O4S/c1-15-20(16(2)30-24(26-15)28-25(29-30)35-4)14-21(31)34-22(17-9-6-5-7-10-17)23(32)27-18-11-8-12-19(13-18)33-3/h5-13,22H,14H2,1-4H3,(H,27,32). The van der Waals surface area contributed by atoms with E-state index >= 15 is 0 Å². The van der Waals surface area contributed by atoms with Crippen LogP contribution in [0.15, 0.2) is 59.8 Å². The van der Waals surface area contributed by atoms with E-state index in [0.29, 0.717) is 39.2 Å². The van der Waals surface area contributed by atoms with E-state index in [9.17, 15) is 9.59 Å². The zero-order valence-corrected chi connectivity index (χ0v) is 20.6. The summed E-state index contributed by atoms with van der Waals surface area (Å²) in [6.07, 6.45) is 0.682. The lowest BCUT2D eigenvalue weighted by Gasteiger charge is -2.19. The van der Waals surface area contributed by atoms with Crippen molar-refractivity contribution in [1.82, 2.24) is 19.6 Å². The summed E-state index contributed by atoms with van der Waals surface area (Å²) < 4.78 is 12.6. The lowest BCUT2D eigenvalue weighted by molar-refractivity contribution is -0.154. The lowest BCUT2D eigenvalue weighted by Crippen LogP contribution is -2.27. The van der Waals surface area contributed by atoms with Gasteiger partial charge in [-0.2, -0.15) is 4.98 Å². The molecule has 1 unspecified atom stereocenters. The van der Waals surface area contributed by atoms with Crippen LogP contribution in [-0.2, 0) is 20.7 Å². The Morgan fingerprint density at radius 2 is 1.86 bits per heavy atom. The molecule has 2 aromatic heterocycles. The van der Waals surface area contributed by atoms with E-state index in [1.807, 2.05) is 26.2 Å². The molecule has 9 nitrogen and oxygen atoms in total. The molecule has 1 N–H and O–H groups in total. The first-order chi connectivity index (χ1) is 16.9. The Morgan fingerprint density at radius 1 is 1.09 bits per heavy atom. The van der Waals surface area contributed by atoms with Gasteiger partial charge in [0, 0.05) is 34.3 Å². The van der Waals surface area contributed by atoms with Crippen LogP contribution in [0.3, 0.4) is 0 Å². The van der Waals surface area contributed by atoms with E-state index < -0.39 is 18.0 Å². The van der Waals surface area contributed by atoms with E-state index in [4.69, 9.17) is 9.47 Å². The molecule has 180 valence electrons. The number of aryl methyl sites for hydroxylation is 2. The topological polar surface area (TPSA) is 108 Å². The molecule has 2 aromatic carbocycles. The molecule has 0 fully saturated rings. The maximum absolute atomic E-state index is 13.2. The van der Waals surface area contributed by atoms with Crippen molar-refractivity contribution in [2.45, 2.75) is 31.5 Å². The minimum atomic E-state index is -1.14. The molecule has 4 aromatic rings. The Morgan fingerprint density at radius 3 is 2.57 bits per heavy atom. The molecular formula is C25H25N5O4S. The number of carbonyl (C=O) groups is 2. The van der Waals surface area contributed by atoms with Crippen LogP contribution in [0.4, 0.5) is 5.69 Å². The zero-order valence-electron chi connectivity index (χ0n) is 19.8. The summed E-state index contributed by atoms with van der Waals surface area (Å²) in [6, 6.07) is 15.9. The molecule has 1 atom stereocenters. The number of rotatable bonds is 8. The Bertz CT molecular complexity index is 1370. The number of hydrogen-bond acceptors (Lipinski definition) is 8.